The third-order valence-electron chi connectivity index (χ3n) is 2.54. The van der Waals surface area contributed by atoms with E-state index in [-0.39, 0.29) is 12.6 Å². The minimum atomic E-state index is -0.135. The maximum Gasteiger partial charge on any atom is 0.195 e. The van der Waals surface area contributed by atoms with Crippen molar-refractivity contribution in [2.24, 2.45) is 5.73 Å². The van der Waals surface area contributed by atoms with Crippen molar-refractivity contribution < 1.29 is 9.52 Å². The van der Waals surface area contributed by atoms with Gasteiger partial charge >= 0.3 is 0 Å². The maximum absolute atomic E-state index is 8.78. The zero-order chi connectivity index (χ0) is 11.4. The van der Waals surface area contributed by atoms with Crippen LogP contribution in [-0.2, 0) is 6.42 Å². The number of benzene rings is 1. The van der Waals surface area contributed by atoms with Gasteiger partial charge in [-0.3, -0.25) is 0 Å². The average Bonchev–Trinajstić information content (AvgIpc) is 2.71. The van der Waals surface area contributed by atoms with Gasteiger partial charge in [0.25, 0.3) is 0 Å². The summed E-state index contributed by atoms with van der Waals surface area (Å²) in [7, 11) is 0. The Hall–Kier alpha value is -1.39. The van der Waals surface area contributed by atoms with Crippen molar-refractivity contribution in [2.75, 3.05) is 6.61 Å². The molecule has 1 unspecified atom stereocenters. The van der Waals surface area contributed by atoms with Crippen LogP contribution in [-0.4, -0.2) is 22.7 Å². The number of hydrogen-bond donors (Lipinski definition) is 2. The zero-order valence-corrected chi connectivity index (χ0v) is 9.10. The highest BCUT2D eigenvalue weighted by Crippen LogP contribution is 2.16. The van der Waals surface area contributed by atoms with Gasteiger partial charge in [-0.05, 0) is 25.0 Å². The summed E-state index contributed by atoms with van der Waals surface area (Å²) < 4.78 is 5.57. The fourth-order valence-electron chi connectivity index (χ4n) is 1.63. The van der Waals surface area contributed by atoms with Crippen molar-refractivity contribution in [2.45, 2.75) is 25.3 Å². The van der Waals surface area contributed by atoms with Crippen LogP contribution in [0, 0.1) is 0 Å². The molecule has 0 aliphatic heterocycles. The van der Waals surface area contributed by atoms with E-state index in [1.54, 1.807) is 0 Å². The fourth-order valence-corrected chi connectivity index (χ4v) is 1.63. The van der Waals surface area contributed by atoms with Gasteiger partial charge in [-0.1, -0.05) is 12.1 Å². The second kappa shape index (κ2) is 5.09. The SMILES string of the molecule is NC(CO)CCCc1nc2ccccc2o1. The van der Waals surface area contributed by atoms with E-state index in [1.165, 1.54) is 0 Å². The smallest absolute Gasteiger partial charge is 0.195 e. The molecule has 0 aliphatic rings. The normalized spacial score (nSPS) is 13.1. The molecule has 0 spiro atoms. The first-order valence-corrected chi connectivity index (χ1v) is 5.50. The Labute approximate surface area is 94.1 Å². The Morgan fingerprint density at radius 1 is 1.38 bits per heavy atom. The molecule has 86 valence electrons. The number of aliphatic hydroxyl groups is 1. The summed E-state index contributed by atoms with van der Waals surface area (Å²) in [6.45, 7) is 0.0353. The van der Waals surface area contributed by atoms with Crippen LogP contribution in [0.15, 0.2) is 28.7 Å². The van der Waals surface area contributed by atoms with Crippen LogP contribution in [0.4, 0.5) is 0 Å². The largest absolute Gasteiger partial charge is 0.441 e. The number of hydrogen-bond acceptors (Lipinski definition) is 4. The summed E-state index contributed by atoms with van der Waals surface area (Å²) in [5.41, 5.74) is 7.33. The van der Waals surface area contributed by atoms with Crippen LogP contribution in [0.3, 0.4) is 0 Å². The van der Waals surface area contributed by atoms with Crippen molar-refractivity contribution in [3.63, 3.8) is 0 Å². The predicted molar refractivity (Wildman–Crippen MR) is 62.0 cm³/mol. The monoisotopic (exact) mass is 220 g/mol. The molecule has 0 bridgehead atoms. The lowest BCUT2D eigenvalue weighted by atomic mass is 10.1. The van der Waals surface area contributed by atoms with Gasteiger partial charge in [-0.15, -0.1) is 0 Å². The molecular formula is C12H16N2O2. The molecular weight excluding hydrogens is 204 g/mol. The van der Waals surface area contributed by atoms with Crippen LogP contribution in [0.25, 0.3) is 11.1 Å². The summed E-state index contributed by atoms with van der Waals surface area (Å²) in [5.74, 6) is 0.742. The van der Waals surface area contributed by atoms with E-state index in [9.17, 15) is 0 Å². The molecule has 0 amide bonds. The molecule has 3 N–H and O–H groups in total. The molecule has 2 aromatic rings. The molecule has 1 aromatic heterocycles. The Balaban J connectivity index is 1.94. The van der Waals surface area contributed by atoms with Crippen molar-refractivity contribution in [3.8, 4) is 0 Å². The minimum Gasteiger partial charge on any atom is -0.441 e. The van der Waals surface area contributed by atoms with E-state index in [4.69, 9.17) is 15.3 Å². The standard InChI is InChI=1S/C12H16N2O2/c13-9(8-15)4-3-7-12-14-10-5-1-2-6-11(10)16-12/h1-2,5-6,9,15H,3-4,7-8,13H2. The first-order valence-electron chi connectivity index (χ1n) is 5.50. The van der Waals surface area contributed by atoms with Crippen LogP contribution in [0.5, 0.6) is 0 Å². The number of nitrogens with zero attached hydrogens (tertiary/aromatic N) is 1. The highest BCUT2D eigenvalue weighted by atomic mass is 16.3. The average molecular weight is 220 g/mol. The second-order valence-electron chi connectivity index (χ2n) is 3.91. The van der Waals surface area contributed by atoms with Crippen LogP contribution < -0.4 is 5.73 Å². The highest BCUT2D eigenvalue weighted by Gasteiger charge is 2.06. The molecule has 4 nitrogen and oxygen atoms in total. The van der Waals surface area contributed by atoms with E-state index in [2.05, 4.69) is 4.98 Å². The number of fused-ring (bicyclic) bond motifs is 1. The zero-order valence-electron chi connectivity index (χ0n) is 9.10. The molecule has 0 fully saturated rings. The summed E-state index contributed by atoms with van der Waals surface area (Å²) in [6, 6.07) is 7.58. The van der Waals surface area contributed by atoms with Crippen molar-refractivity contribution in [1.82, 2.24) is 4.98 Å². The summed E-state index contributed by atoms with van der Waals surface area (Å²) in [4.78, 5) is 4.37. The summed E-state index contributed by atoms with van der Waals surface area (Å²) in [5, 5.41) is 8.78. The number of aliphatic hydroxyl groups excluding tert-OH is 1. The Kier molecular flexibility index (Phi) is 3.54. The quantitative estimate of drug-likeness (QED) is 0.800. The van der Waals surface area contributed by atoms with E-state index in [0.717, 1.165) is 36.3 Å². The Morgan fingerprint density at radius 3 is 2.94 bits per heavy atom. The molecule has 0 radical (unpaired) electrons. The van der Waals surface area contributed by atoms with Gasteiger partial charge in [-0.2, -0.15) is 0 Å². The Bertz CT molecular complexity index is 420. The lowest BCUT2D eigenvalue weighted by molar-refractivity contribution is 0.257. The number of para-hydroxylation sites is 2. The lowest BCUT2D eigenvalue weighted by Gasteiger charge is -2.05. The highest BCUT2D eigenvalue weighted by molar-refractivity contribution is 5.72. The molecule has 1 heterocycles. The number of nitrogens with two attached hydrogens (primary N) is 1. The van der Waals surface area contributed by atoms with E-state index < -0.39 is 0 Å². The summed E-state index contributed by atoms with van der Waals surface area (Å²) >= 11 is 0. The van der Waals surface area contributed by atoms with Gasteiger partial charge in [0, 0.05) is 12.5 Å². The molecule has 0 saturated carbocycles. The third kappa shape index (κ3) is 2.59. The van der Waals surface area contributed by atoms with Crippen molar-refractivity contribution in [1.29, 1.82) is 0 Å². The summed E-state index contributed by atoms with van der Waals surface area (Å²) in [6.07, 6.45) is 2.44. The first kappa shape index (κ1) is 11.1. The lowest BCUT2D eigenvalue weighted by Crippen LogP contribution is -2.24. The topological polar surface area (TPSA) is 72.3 Å². The van der Waals surface area contributed by atoms with Gasteiger partial charge in [0.1, 0.15) is 5.52 Å². The fraction of sp³-hybridized carbons (Fsp3) is 0.417. The van der Waals surface area contributed by atoms with Crippen molar-refractivity contribution in [3.05, 3.63) is 30.2 Å². The number of aromatic nitrogens is 1. The molecule has 0 aliphatic carbocycles. The van der Waals surface area contributed by atoms with Gasteiger partial charge < -0.3 is 15.3 Å². The van der Waals surface area contributed by atoms with Crippen molar-refractivity contribution >= 4 is 11.1 Å². The Morgan fingerprint density at radius 2 is 2.19 bits per heavy atom. The number of oxazole rings is 1. The minimum absolute atomic E-state index is 0.0353. The third-order valence-corrected chi connectivity index (χ3v) is 2.54. The van der Waals surface area contributed by atoms with Crippen LogP contribution in [0.2, 0.25) is 0 Å². The number of rotatable bonds is 5. The molecule has 2 rings (SSSR count). The van der Waals surface area contributed by atoms with Gasteiger partial charge in [-0.25, -0.2) is 4.98 Å². The predicted octanol–water partition coefficient (Wildman–Crippen LogP) is 1.47. The molecule has 0 saturated heterocycles. The van der Waals surface area contributed by atoms with Crippen LogP contribution >= 0.6 is 0 Å². The van der Waals surface area contributed by atoms with Gasteiger partial charge in [0.15, 0.2) is 11.5 Å². The molecule has 1 aromatic carbocycles. The number of aryl methyl sites for hydroxylation is 1. The molecule has 1 atom stereocenters. The van der Waals surface area contributed by atoms with E-state index in [1.807, 2.05) is 24.3 Å². The first-order chi connectivity index (χ1) is 7.79. The van der Waals surface area contributed by atoms with Gasteiger partial charge in [0.05, 0.1) is 6.61 Å². The maximum atomic E-state index is 8.78. The van der Waals surface area contributed by atoms with E-state index in [0.29, 0.717) is 0 Å². The van der Waals surface area contributed by atoms with Gasteiger partial charge in [0.2, 0.25) is 0 Å². The molecule has 4 heteroatoms. The van der Waals surface area contributed by atoms with Crippen LogP contribution in [0.1, 0.15) is 18.7 Å². The second-order valence-corrected chi connectivity index (χ2v) is 3.91. The molecule has 16 heavy (non-hydrogen) atoms. The van der Waals surface area contributed by atoms with E-state index >= 15 is 0 Å².